The Morgan fingerprint density at radius 1 is 1.31 bits per heavy atom. The molecule has 0 radical (unpaired) electrons. The summed E-state index contributed by atoms with van der Waals surface area (Å²) in [6.07, 6.45) is 0. The molecular formula is C11H15NO. The minimum Gasteiger partial charge on any atom is -0.471 e. The summed E-state index contributed by atoms with van der Waals surface area (Å²) < 4.78 is 5.56. The van der Waals surface area contributed by atoms with E-state index in [-0.39, 0.29) is 0 Å². The fraction of sp³-hybridized carbons (Fsp3) is 0.455. The van der Waals surface area contributed by atoms with E-state index in [0.29, 0.717) is 6.73 Å². The third-order valence-corrected chi connectivity index (χ3v) is 2.67. The largest absolute Gasteiger partial charge is 0.471 e. The standard InChI is InChI=1S/C11H15NO/c1-4-12-7-13-11-6-9(3)8(2)5-10(11)12/h5-6H,4,7H2,1-3H3. The maximum atomic E-state index is 5.56. The van der Waals surface area contributed by atoms with E-state index < -0.39 is 0 Å². The number of aryl methyl sites for hydroxylation is 2. The monoisotopic (exact) mass is 177 g/mol. The van der Waals surface area contributed by atoms with Gasteiger partial charge in [0, 0.05) is 6.54 Å². The summed E-state index contributed by atoms with van der Waals surface area (Å²) in [6.45, 7) is 8.12. The Bertz CT molecular complexity index is 333. The Morgan fingerprint density at radius 3 is 2.69 bits per heavy atom. The SMILES string of the molecule is CCN1COc2cc(C)c(C)cc21. The Hall–Kier alpha value is -1.18. The average molecular weight is 177 g/mol. The van der Waals surface area contributed by atoms with Crippen LogP contribution in [-0.2, 0) is 0 Å². The number of fused-ring (bicyclic) bond motifs is 1. The van der Waals surface area contributed by atoms with Gasteiger partial charge in [-0.25, -0.2) is 0 Å². The number of benzene rings is 1. The second kappa shape index (κ2) is 2.95. The van der Waals surface area contributed by atoms with Crippen molar-refractivity contribution >= 4 is 5.69 Å². The van der Waals surface area contributed by atoms with E-state index in [0.717, 1.165) is 12.3 Å². The summed E-state index contributed by atoms with van der Waals surface area (Å²) >= 11 is 0. The van der Waals surface area contributed by atoms with E-state index in [1.54, 1.807) is 0 Å². The molecule has 2 heteroatoms. The van der Waals surface area contributed by atoms with Crippen LogP contribution < -0.4 is 9.64 Å². The van der Waals surface area contributed by atoms with E-state index >= 15 is 0 Å². The van der Waals surface area contributed by atoms with E-state index in [9.17, 15) is 0 Å². The van der Waals surface area contributed by atoms with Crippen LogP contribution in [0.15, 0.2) is 12.1 Å². The van der Waals surface area contributed by atoms with Gasteiger partial charge in [0.05, 0.1) is 5.69 Å². The molecule has 1 heterocycles. The molecule has 1 aromatic carbocycles. The fourth-order valence-electron chi connectivity index (χ4n) is 1.62. The first-order valence-corrected chi connectivity index (χ1v) is 4.71. The molecule has 0 N–H and O–H groups in total. The Kier molecular flexibility index (Phi) is 1.91. The topological polar surface area (TPSA) is 12.5 Å². The lowest BCUT2D eigenvalue weighted by Gasteiger charge is -2.13. The highest BCUT2D eigenvalue weighted by molar-refractivity contribution is 5.64. The van der Waals surface area contributed by atoms with Crippen LogP contribution in [0.3, 0.4) is 0 Å². The molecule has 0 atom stereocenters. The summed E-state index contributed by atoms with van der Waals surface area (Å²) in [6, 6.07) is 4.33. The number of hydrogen-bond donors (Lipinski definition) is 0. The van der Waals surface area contributed by atoms with Crippen molar-refractivity contribution < 1.29 is 4.74 Å². The molecule has 0 saturated heterocycles. The van der Waals surface area contributed by atoms with Gasteiger partial charge in [0.15, 0.2) is 6.73 Å². The zero-order valence-corrected chi connectivity index (χ0v) is 8.42. The zero-order chi connectivity index (χ0) is 9.42. The molecule has 0 aliphatic carbocycles. The fourth-order valence-corrected chi connectivity index (χ4v) is 1.62. The lowest BCUT2D eigenvalue weighted by atomic mass is 10.1. The lowest BCUT2D eigenvalue weighted by Crippen LogP contribution is -2.20. The molecule has 2 nitrogen and oxygen atoms in total. The van der Waals surface area contributed by atoms with Crippen molar-refractivity contribution in [2.24, 2.45) is 0 Å². The van der Waals surface area contributed by atoms with Gasteiger partial charge < -0.3 is 9.64 Å². The molecule has 0 aromatic heterocycles. The Labute approximate surface area is 79.1 Å². The summed E-state index contributed by atoms with van der Waals surface area (Å²) in [7, 11) is 0. The van der Waals surface area contributed by atoms with Gasteiger partial charge in [-0.2, -0.15) is 0 Å². The number of rotatable bonds is 1. The van der Waals surface area contributed by atoms with Gasteiger partial charge in [-0.3, -0.25) is 0 Å². The van der Waals surface area contributed by atoms with Crippen molar-refractivity contribution in [2.75, 3.05) is 18.2 Å². The first-order chi connectivity index (χ1) is 6.22. The lowest BCUT2D eigenvalue weighted by molar-refractivity contribution is 0.348. The van der Waals surface area contributed by atoms with Gasteiger partial charge in [0.1, 0.15) is 5.75 Å². The summed E-state index contributed by atoms with van der Waals surface area (Å²) in [5.74, 6) is 1.03. The molecule has 0 saturated carbocycles. The van der Waals surface area contributed by atoms with E-state index in [4.69, 9.17) is 4.74 Å². The molecule has 2 rings (SSSR count). The number of hydrogen-bond acceptors (Lipinski definition) is 2. The highest BCUT2D eigenvalue weighted by atomic mass is 16.5. The van der Waals surface area contributed by atoms with Crippen LogP contribution in [0.4, 0.5) is 5.69 Å². The van der Waals surface area contributed by atoms with Crippen LogP contribution in [-0.4, -0.2) is 13.3 Å². The molecular weight excluding hydrogens is 162 g/mol. The minimum atomic E-state index is 0.703. The van der Waals surface area contributed by atoms with Gasteiger partial charge in [0.2, 0.25) is 0 Å². The maximum absolute atomic E-state index is 5.56. The molecule has 0 unspecified atom stereocenters. The molecule has 1 aromatic rings. The van der Waals surface area contributed by atoms with Crippen molar-refractivity contribution in [3.05, 3.63) is 23.3 Å². The van der Waals surface area contributed by atoms with Crippen LogP contribution in [0.2, 0.25) is 0 Å². The summed E-state index contributed by atoms with van der Waals surface area (Å²) in [5.41, 5.74) is 3.88. The maximum Gasteiger partial charge on any atom is 0.161 e. The highest BCUT2D eigenvalue weighted by Crippen LogP contribution is 2.35. The third kappa shape index (κ3) is 1.26. The van der Waals surface area contributed by atoms with Crippen molar-refractivity contribution in [2.45, 2.75) is 20.8 Å². The Morgan fingerprint density at radius 2 is 2.00 bits per heavy atom. The number of ether oxygens (including phenoxy) is 1. The van der Waals surface area contributed by atoms with Crippen LogP contribution in [0.25, 0.3) is 0 Å². The normalized spacial score (nSPS) is 14.2. The average Bonchev–Trinajstić information content (AvgIpc) is 2.48. The molecule has 70 valence electrons. The quantitative estimate of drug-likeness (QED) is 0.653. The van der Waals surface area contributed by atoms with Crippen LogP contribution in [0, 0.1) is 13.8 Å². The predicted octanol–water partition coefficient (Wildman–Crippen LogP) is 2.48. The van der Waals surface area contributed by atoms with Crippen molar-refractivity contribution in [1.29, 1.82) is 0 Å². The molecule has 0 spiro atoms. The van der Waals surface area contributed by atoms with Gasteiger partial charge >= 0.3 is 0 Å². The third-order valence-electron chi connectivity index (χ3n) is 2.67. The highest BCUT2D eigenvalue weighted by Gasteiger charge is 2.19. The van der Waals surface area contributed by atoms with Crippen molar-refractivity contribution in [1.82, 2.24) is 0 Å². The van der Waals surface area contributed by atoms with Gasteiger partial charge in [-0.05, 0) is 44.0 Å². The second-order valence-electron chi connectivity index (χ2n) is 3.53. The Balaban J connectivity index is 2.47. The van der Waals surface area contributed by atoms with E-state index in [1.165, 1.54) is 16.8 Å². The summed E-state index contributed by atoms with van der Waals surface area (Å²) in [4.78, 5) is 2.24. The molecule has 0 amide bonds. The zero-order valence-electron chi connectivity index (χ0n) is 8.42. The van der Waals surface area contributed by atoms with Gasteiger partial charge in [-0.15, -0.1) is 0 Å². The number of anilines is 1. The van der Waals surface area contributed by atoms with Crippen LogP contribution >= 0.6 is 0 Å². The number of nitrogens with zero attached hydrogens (tertiary/aromatic N) is 1. The van der Waals surface area contributed by atoms with E-state index in [1.807, 2.05) is 0 Å². The second-order valence-corrected chi connectivity index (χ2v) is 3.53. The van der Waals surface area contributed by atoms with Crippen LogP contribution in [0.1, 0.15) is 18.1 Å². The smallest absolute Gasteiger partial charge is 0.161 e. The molecule has 1 aliphatic heterocycles. The molecule has 0 bridgehead atoms. The predicted molar refractivity (Wildman–Crippen MR) is 54.4 cm³/mol. The van der Waals surface area contributed by atoms with Gasteiger partial charge in [-0.1, -0.05) is 0 Å². The van der Waals surface area contributed by atoms with Crippen LogP contribution in [0.5, 0.6) is 5.75 Å². The minimum absolute atomic E-state index is 0.703. The first-order valence-electron chi connectivity index (χ1n) is 4.71. The first kappa shape index (κ1) is 8.42. The molecule has 0 fully saturated rings. The van der Waals surface area contributed by atoms with Gasteiger partial charge in [0.25, 0.3) is 0 Å². The summed E-state index contributed by atoms with van der Waals surface area (Å²) in [5, 5.41) is 0. The van der Waals surface area contributed by atoms with Crippen molar-refractivity contribution in [3.63, 3.8) is 0 Å². The van der Waals surface area contributed by atoms with Crippen molar-refractivity contribution in [3.8, 4) is 5.75 Å². The van der Waals surface area contributed by atoms with E-state index in [2.05, 4.69) is 37.8 Å². The molecule has 13 heavy (non-hydrogen) atoms. The molecule has 1 aliphatic rings.